The van der Waals surface area contributed by atoms with Crippen LogP contribution in [0.25, 0.3) is 0 Å². The molecule has 2 atom stereocenters. The minimum absolute atomic E-state index is 0.0965. The van der Waals surface area contributed by atoms with Crippen molar-refractivity contribution in [3.05, 3.63) is 47.6 Å². The lowest BCUT2D eigenvalue weighted by atomic mass is 9.87. The molecule has 0 saturated carbocycles. The van der Waals surface area contributed by atoms with Gasteiger partial charge in [-0.15, -0.1) is 17.7 Å². The number of allylic oxidation sites excluding steroid dienone is 3. The summed E-state index contributed by atoms with van der Waals surface area (Å²) < 4.78 is 44.8. The van der Waals surface area contributed by atoms with E-state index in [2.05, 4.69) is 25.7 Å². The van der Waals surface area contributed by atoms with Crippen molar-refractivity contribution in [2.45, 2.75) is 51.6 Å². The maximum atomic E-state index is 12.9. The van der Waals surface area contributed by atoms with E-state index in [1.54, 1.807) is 31.7 Å². The number of rotatable bonds is 8. The number of hydrogen-bond acceptors (Lipinski definition) is 2. The molecule has 0 N–H and O–H groups in total. The van der Waals surface area contributed by atoms with Gasteiger partial charge in [0.2, 0.25) is 0 Å². The van der Waals surface area contributed by atoms with Crippen LogP contribution >= 0.6 is 11.8 Å². The van der Waals surface area contributed by atoms with Gasteiger partial charge in [0.15, 0.2) is 0 Å². The van der Waals surface area contributed by atoms with E-state index in [0.29, 0.717) is 12.5 Å². The summed E-state index contributed by atoms with van der Waals surface area (Å²) in [5, 5.41) is 0. The van der Waals surface area contributed by atoms with Gasteiger partial charge in [0.25, 0.3) is 0 Å². The minimum Gasteiger partial charge on any atom is -0.492 e. The lowest BCUT2D eigenvalue weighted by Crippen LogP contribution is -2.22. The first-order chi connectivity index (χ1) is 13.7. The molecular formula is C24H29F3OS. The van der Waals surface area contributed by atoms with Crippen molar-refractivity contribution >= 4 is 11.8 Å². The summed E-state index contributed by atoms with van der Waals surface area (Å²) in [6.07, 6.45) is 2.04. The monoisotopic (exact) mass is 422 g/mol. The highest BCUT2D eigenvalue weighted by atomic mass is 32.2. The van der Waals surface area contributed by atoms with Gasteiger partial charge in [-0.05, 0) is 43.1 Å². The lowest BCUT2D eigenvalue weighted by Gasteiger charge is -2.24. The van der Waals surface area contributed by atoms with E-state index < -0.39 is 11.7 Å². The summed E-state index contributed by atoms with van der Waals surface area (Å²) in [4.78, 5) is 1.02. The normalized spacial score (nSPS) is 19.0. The molecule has 5 heteroatoms. The van der Waals surface area contributed by atoms with E-state index in [4.69, 9.17) is 4.74 Å². The Morgan fingerprint density at radius 2 is 2.00 bits per heavy atom. The quantitative estimate of drug-likeness (QED) is 0.247. The Bertz CT molecular complexity index is 797. The third-order valence-corrected chi connectivity index (χ3v) is 6.01. The molecule has 1 aliphatic rings. The van der Waals surface area contributed by atoms with Gasteiger partial charge >= 0.3 is 6.18 Å². The standard InChI is InChI=1S/C24H29F3OS/c1-5-8-19-10-6-11-22(23(19)29-14-7-9-17(2)3)28-16-20-12-13-21(15-18(20)4)24(25,26)27/h6,10-13,15,17-18,20H,7,9,14,16H2,1-4H3. The third-order valence-electron chi connectivity index (χ3n) is 4.81. The van der Waals surface area contributed by atoms with Crippen LogP contribution < -0.4 is 4.74 Å². The second-order valence-corrected chi connectivity index (χ2v) is 8.81. The second-order valence-electron chi connectivity index (χ2n) is 7.71. The number of halogens is 3. The van der Waals surface area contributed by atoms with E-state index in [0.717, 1.165) is 34.5 Å². The Morgan fingerprint density at radius 3 is 2.62 bits per heavy atom. The maximum Gasteiger partial charge on any atom is 0.416 e. The highest BCUT2D eigenvalue weighted by molar-refractivity contribution is 7.99. The fraction of sp³-hybridized carbons (Fsp3) is 0.500. The number of ether oxygens (including phenoxy) is 1. The molecule has 29 heavy (non-hydrogen) atoms. The van der Waals surface area contributed by atoms with Gasteiger partial charge in [-0.25, -0.2) is 0 Å². The summed E-state index contributed by atoms with van der Waals surface area (Å²) in [5.41, 5.74) is 0.355. The topological polar surface area (TPSA) is 9.23 Å². The number of alkyl halides is 3. The number of thioether (sulfide) groups is 1. The fourth-order valence-corrected chi connectivity index (χ4v) is 4.18. The molecule has 0 aliphatic heterocycles. The third kappa shape index (κ3) is 7.19. The molecule has 1 aromatic carbocycles. The summed E-state index contributed by atoms with van der Waals surface area (Å²) in [6, 6.07) is 5.81. The van der Waals surface area contributed by atoms with Gasteiger partial charge in [-0.3, -0.25) is 0 Å². The molecule has 0 heterocycles. The molecule has 0 bridgehead atoms. The molecule has 0 radical (unpaired) electrons. The van der Waals surface area contributed by atoms with Crippen LogP contribution in [0.1, 0.15) is 46.1 Å². The van der Waals surface area contributed by atoms with Crippen LogP contribution in [0.5, 0.6) is 5.75 Å². The predicted octanol–water partition coefficient (Wildman–Crippen LogP) is 7.28. The van der Waals surface area contributed by atoms with Crippen LogP contribution in [-0.4, -0.2) is 18.5 Å². The molecule has 0 saturated heterocycles. The number of benzene rings is 1. The first-order valence-electron chi connectivity index (χ1n) is 10.0. The average Bonchev–Trinajstić information content (AvgIpc) is 2.64. The molecule has 0 fully saturated rings. The molecule has 2 unspecified atom stereocenters. The van der Waals surface area contributed by atoms with Gasteiger partial charge < -0.3 is 4.74 Å². The molecule has 1 aromatic rings. The van der Waals surface area contributed by atoms with Crippen LogP contribution in [-0.2, 0) is 0 Å². The van der Waals surface area contributed by atoms with Gasteiger partial charge in [0, 0.05) is 11.5 Å². The minimum atomic E-state index is -4.30. The molecule has 0 aromatic heterocycles. The van der Waals surface area contributed by atoms with Crippen molar-refractivity contribution in [3.8, 4) is 17.6 Å². The summed E-state index contributed by atoms with van der Waals surface area (Å²) in [6.45, 7) is 8.37. The van der Waals surface area contributed by atoms with Crippen molar-refractivity contribution in [1.29, 1.82) is 0 Å². The summed E-state index contributed by atoms with van der Waals surface area (Å²) >= 11 is 1.74. The molecular weight excluding hydrogens is 393 g/mol. The molecule has 0 spiro atoms. The Hall–Kier alpha value is -1.80. The van der Waals surface area contributed by atoms with Gasteiger partial charge in [0.1, 0.15) is 5.75 Å². The van der Waals surface area contributed by atoms with Gasteiger partial charge in [-0.1, -0.05) is 57.4 Å². The zero-order valence-corrected chi connectivity index (χ0v) is 18.3. The van der Waals surface area contributed by atoms with E-state index in [-0.39, 0.29) is 11.8 Å². The maximum absolute atomic E-state index is 12.9. The van der Waals surface area contributed by atoms with Crippen LogP contribution in [0.15, 0.2) is 46.9 Å². The van der Waals surface area contributed by atoms with Crippen molar-refractivity contribution in [2.24, 2.45) is 17.8 Å². The summed E-state index contributed by atoms with van der Waals surface area (Å²) in [7, 11) is 0. The van der Waals surface area contributed by atoms with Crippen molar-refractivity contribution in [2.75, 3.05) is 12.4 Å². The summed E-state index contributed by atoms with van der Waals surface area (Å²) in [5.74, 6) is 8.16. The van der Waals surface area contributed by atoms with E-state index >= 15 is 0 Å². The fourth-order valence-electron chi connectivity index (χ4n) is 3.12. The molecule has 1 aliphatic carbocycles. The molecule has 158 valence electrons. The largest absolute Gasteiger partial charge is 0.492 e. The van der Waals surface area contributed by atoms with Crippen LogP contribution in [0.2, 0.25) is 0 Å². The van der Waals surface area contributed by atoms with Gasteiger partial charge in [-0.2, -0.15) is 13.2 Å². The van der Waals surface area contributed by atoms with Crippen LogP contribution in [0.3, 0.4) is 0 Å². The van der Waals surface area contributed by atoms with Crippen LogP contribution in [0.4, 0.5) is 13.2 Å². The van der Waals surface area contributed by atoms with Crippen molar-refractivity contribution in [1.82, 2.24) is 0 Å². The SMILES string of the molecule is CC#Cc1cccc(OCC2C=CC(C(F)(F)F)=CC2C)c1SCCCC(C)C. The molecule has 2 rings (SSSR count). The van der Waals surface area contributed by atoms with E-state index in [9.17, 15) is 13.2 Å². The van der Waals surface area contributed by atoms with Crippen molar-refractivity contribution in [3.63, 3.8) is 0 Å². The van der Waals surface area contributed by atoms with Crippen molar-refractivity contribution < 1.29 is 17.9 Å². The zero-order chi connectivity index (χ0) is 21.4. The lowest BCUT2D eigenvalue weighted by molar-refractivity contribution is -0.0891. The predicted molar refractivity (Wildman–Crippen MR) is 115 cm³/mol. The Labute approximate surface area is 176 Å². The van der Waals surface area contributed by atoms with E-state index in [1.807, 2.05) is 18.2 Å². The first-order valence-corrected chi connectivity index (χ1v) is 11.0. The zero-order valence-electron chi connectivity index (χ0n) is 17.5. The Kier molecular flexibility index (Phi) is 8.77. The highest BCUT2D eigenvalue weighted by Crippen LogP contribution is 2.36. The van der Waals surface area contributed by atoms with E-state index in [1.165, 1.54) is 12.5 Å². The molecule has 0 amide bonds. The Morgan fingerprint density at radius 1 is 1.24 bits per heavy atom. The van der Waals surface area contributed by atoms with Crippen LogP contribution in [0, 0.1) is 29.6 Å². The number of hydrogen-bond donors (Lipinski definition) is 0. The smallest absolute Gasteiger partial charge is 0.416 e. The highest BCUT2D eigenvalue weighted by Gasteiger charge is 2.34. The Balaban J connectivity index is 2.08. The van der Waals surface area contributed by atoms with Gasteiger partial charge in [0.05, 0.1) is 17.1 Å². The first kappa shape index (κ1) is 23.5. The molecule has 1 nitrogen and oxygen atoms in total. The second kappa shape index (κ2) is 10.8. The average molecular weight is 423 g/mol.